The molecular formula is C14H20N2O2S. The highest BCUT2D eigenvalue weighted by Crippen LogP contribution is 2.07. The van der Waals surface area contributed by atoms with E-state index in [-0.39, 0.29) is 23.8 Å². The van der Waals surface area contributed by atoms with E-state index in [9.17, 15) is 9.59 Å². The lowest BCUT2D eigenvalue weighted by molar-refractivity contribution is -0.122. The van der Waals surface area contributed by atoms with Gasteiger partial charge in [0.05, 0.1) is 0 Å². The van der Waals surface area contributed by atoms with Crippen molar-refractivity contribution in [3.63, 3.8) is 0 Å². The van der Waals surface area contributed by atoms with Crippen molar-refractivity contribution in [3.8, 4) is 0 Å². The summed E-state index contributed by atoms with van der Waals surface area (Å²) in [6.45, 7) is 6.08. The zero-order valence-electron chi connectivity index (χ0n) is 11.5. The van der Waals surface area contributed by atoms with Crippen molar-refractivity contribution in [1.29, 1.82) is 0 Å². The van der Waals surface area contributed by atoms with Gasteiger partial charge in [0.1, 0.15) is 0 Å². The summed E-state index contributed by atoms with van der Waals surface area (Å²) >= 11 is 4.15. The smallest absolute Gasteiger partial charge is 0.251 e. The lowest BCUT2D eigenvalue weighted by atomic mass is 10.1. The predicted octanol–water partition coefficient (Wildman–Crippen LogP) is 2.01. The van der Waals surface area contributed by atoms with Crippen LogP contribution < -0.4 is 10.6 Å². The quantitative estimate of drug-likeness (QED) is 0.739. The number of hydrogen-bond donors (Lipinski definition) is 3. The minimum atomic E-state index is -0.247. The van der Waals surface area contributed by atoms with Gasteiger partial charge in [-0.25, -0.2) is 0 Å². The van der Waals surface area contributed by atoms with Crippen LogP contribution in [0.1, 0.15) is 37.6 Å². The molecule has 0 aliphatic heterocycles. The van der Waals surface area contributed by atoms with Crippen LogP contribution in [0.2, 0.25) is 0 Å². The summed E-state index contributed by atoms with van der Waals surface area (Å²) in [6.07, 6.45) is 0.271. The Morgan fingerprint density at radius 1 is 1.16 bits per heavy atom. The average Bonchev–Trinajstić information content (AvgIpc) is 2.27. The number of carbonyl (C=O) groups is 2. The summed E-state index contributed by atoms with van der Waals surface area (Å²) < 4.78 is 0. The van der Waals surface area contributed by atoms with Gasteiger partial charge < -0.3 is 10.6 Å². The highest BCUT2D eigenvalue weighted by atomic mass is 32.1. The summed E-state index contributed by atoms with van der Waals surface area (Å²) in [5, 5.41) is 5.55. The summed E-state index contributed by atoms with van der Waals surface area (Å²) in [7, 11) is 0. The monoisotopic (exact) mass is 280 g/mol. The molecule has 0 aliphatic rings. The Labute approximate surface area is 119 Å². The van der Waals surface area contributed by atoms with Crippen LogP contribution in [0.25, 0.3) is 0 Å². The van der Waals surface area contributed by atoms with Crippen LogP contribution in [0.4, 0.5) is 0 Å². The van der Waals surface area contributed by atoms with Crippen LogP contribution >= 0.6 is 12.6 Å². The van der Waals surface area contributed by atoms with Crippen LogP contribution in [-0.4, -0.2) is 23.9 Å². The second kappa shape index (κ2) is 6.61. The molecule has 5 heteroatoms. The molecule has 0 aromatic heterocycles. The molecule has 0 spiro atoms. The van der Waals surface area contributed by atoms with Crippen molar-refractivity contribution in [2.24, 2.45) is 0 Å². The Balaban J connectivity index is 2.35. The van der Waals surface area contributed by atoms with Gasteiger partial charge in [0.15, 0.2) is 0 Å². The molecule has 1 rings (SSSR count). The molecule has 0 unspecified atom stereocenters. The summed E-state index contributed by atoms with van der Waals surface area (Å²) in [5.74, 6) is -0.254. The van der Waals surface area contributed by atoms with Crippen molar-refractivity contribution in [1.82, 2.24) is 10.6 Å². The lowest BCUT2D eigenvalue weighted by Crippen LogP contribution is -2.41. The Hall–Kier alpha value is -1.49. The van der Waals surface area contributed by atoms with Gasteiger partial charge >= 0.3 is 0 Å². The average molecular weight is 280 g/mol. The number of thiol groups is 1. The van der Waals surface area contributed by atoms with Gasteiger partial charge in [-0.05, 0) is 45.0 Å². The zero-order chi connectivity index (χ0) is 14.5. The van der Waals surface area contributed by atoms with Gasteiger partial charge in [0, 0.05) is 29.0 Å². The normalized spacial score (nSPS) is 10.9. The Morgan fingerprint density at radius 2 is 1.74 bits per heavy atom. The molecule has 2 amide bonds. The van der Waals surface area contributed by atoms with E-state index in [0.29, 0.717) is 12.1 Å². The third kappa shape index (κ3) is 6.29. The highest BCUT2D eigenvalue weighted by molar-refractivity contribution is 7.80. The molecule has 0 saturated carbocycles. The predicted molar refractivity (Wildman–Crippen MR) is 78.5 cm³/mol. The van der Waals surface area contributed by atoms with Gasteiger partial charge in [-0.15, -0.1) is 12.6 Å². The van der Waals surface area contributed by atoms with Gasteiger partial charge in [-0.2, -0.15) is 0 Å². The van der Waals surface area contributed by atoms with Crippen molar-refractivity contribution in [3.05, 3.63) is 29.8 Å². The van der Waals surface area contributed by atoms with Crippen LogP contribution in [0.3, 0.4) is 0 Å². The highest BCUT2D eigenvalue weighted by Gasteiger charge is 2.13. The van der Waals surface area contributed by atoms with Crippen molar-refractivity contribution >= 4 is 24.4 Å². The van der Waals surface area contributed by atoms with Crippen LogP contribution in [0.15, 0.2) is 29.2 Å². The number of hydrogen-bond acceptors (Lipinski definition) is 3. The van der Waals surface area contributed by atoms with Crippen LogP contribution in [0, 0.1) is 0 Å². The number of amides is 2. The van der Waals surface area contributed by atoms with E-state index in [0.717, 1.165) is 4.90 Å². The molecular weight excluding hydrogens is 260 g/mol. The first-order valence-corrected chi connectivity index (χ1v) is 6.61. The van der Waals surface area contributed by atoms with Crippen molar-refractivity contribution < 1.29 is 9.59 Å². The molecule has 0 heterocycles. The fourth-order valence-electron chi connectivity index (χ4n) is 1.49. The maximum Gasteiger partial charge on any atom is 0.251 e. The Kier molecular flexibility index (Phi) is 5.42. The van der Waals surface area contributed by atoms with Gasteiger partial charge in [0.2, 0.25) is 5.91 Å². The molecule has 1 aromatic carbocycles. The van der Waals surface area contributed by atoms with E-state index in [4.69, 9.17) is 0 Å². The number of nitrogens with one attached hydrogen (secondary N) is 2. The second-order valence-corrected chi connectivity index (χ2v) is 5.87. The van der Waals surface area contributed by atoms with E-state index in [1.165, 1.54) is 0 Å². The van der Waals surface area contributed by atoms with Crippen molar-refractivity contribution in [2.45, 2.75) is 37.6 Å². The summed E-state index contributed by atoms with van der Waals surface area (Å²) in [4.78, 5) is 24.1. The van der Waals surface area contributed by atoms with Crippen molar-refractivity contribution in [2.75, 3.05) is 6.54 Å². The lowest BCUT2D eigenvalue weighted by Gasteiger charge is -2.20. The second-order valence-electron chi connectivity index (χ2n) is 5.35. The number of rotatable bonds is 4. The van der Waals surface area contributed by atoms with E-state index in [2.05, 4.69) is 23.3 Å². The molecule has 2 N–H and O–H groups in total. The molecule has 0 atom stereocenters. The van der Waals surface area contributed by atoms with Crippen LogP contribution in [0.5, 0.6) is 0 Å². The fourth-order valence-corrected chi connectivity index (χ4v) is 1.63. The molecule has 1 aromatic rings. The first kappa shape index (κ1) is 15.6. The molecule has 4 nitrogen and oxygen atoms in total. The first-order chi connectivity index (χ1) is 8.78. The maximum atomic E-state index is 11.8. The largest absolute Gasteiger partial charge is 0.352 e. The minimum Gasteiger partial charge on any atom is -0.352 e. The van der Waals surface area contributed by atoms with Gasteiger partial charge in [-0.1, -0.05) is 0 Å². The third-order valence-corrected chi connectivity index (χ3v) is 2.58. The standard InChI is InChI=1S/C14H20N2O2S/c1-14(2,3)16-12(17)8-9-15-13(18)10-4-6-11(19)7-5-10/h4-7,19H,8-9H2,1-3H3,(H,15,18)(H,16,17). The van der Waals surface area contributed by atoms with E-state index >= 15 is 0 Å². The van der Waals surface area contributed by atoms with Gasteiger partial charge in [0.25, 0.3) is 5.91 Å². The zero-order valence-corrected chi connectivity index (χ0v) is 12.4. The Morgan fingerprint density at radius 3 is 2.26 bits per heavy atom. The Bertz CT molecular complexity index is 450. The fraction of sp³-hybridized carbons (Fsp3) is 0.429. The molecule has 19 heavy (non-hydrogen) atoms. The maximum absolute atomic E-state index is 11.8. The van der Waals surface area contributed by atoms with Crippen LogP contribution in [-0.2, 0) is 4.79 Å². The molecule has 0 bridgehead atoms. The third-order valence-electron chi connectivity index (χ3n) is 2.28. The molecule has 0 aliphatic carbocycles. The first-order valence-electron chi connectivity index (χ1n) is 6.16. The molecule has 104 valence electrons. The molecule has 0 fully saturated rings. The van der Waals surface area contributed by atoms with E-state index in [1.54, 1.807) is 24.3 Å². The van der Waals surface area contributed by atoms with Gasteiger partial charge in [-0.3, -0.25) is 9.59 Å². The summed E-state index contributed by atoms with van der Waals surface area (Å²) in [6, 6.07) is 6.91. The molecule has 0 radical (unpaired) electrons. The SMILES string of the molecule is CC(C)(C)NC(=O)CCNC(=O)c1ccc(S)cc1. The number of benzene rings is 1. The van der Waals surface area contributed by atoms with E-state index in [1.807, 2.05) is 20.8 Å². The van der Waals surface area contributed by atoms with E-state index < -0.39 is 0 Å². The number of carbonyl (C=O) groups excluding carboxylic acids is 2. The topological polar surface area (TPSA) is 58.2 Å². The molecule has 0 saturated heterocycles. The summed E-state index contributed by atoms with van der Waals surface area (Å²) in [5.41, 5.74) is 0.317. The minimum absolute atomic E-state index is 0.0708.